The Labute approximate surface area is 172 Å². The van der Waals surface area contributed by atoms with E-state index in [-0.39, 0.29) is 0 Å². The molecule has 2 aromatic rings. The maximum Gasteiger partial charge on any atom is 0.00127 e. The van der Waals surface area contributed by atoms with Crippen molar-refractivity contribution >= 4 is 6.08 Å². The fourth-order valence-electron chi connectivity index (χ4n) is 4.12. The Bertz CT molecular complexity index is 822. The van der Waals surface area contributed by atoms with Crippen molar-refractivity contribution in [1.82, 2.24) is 0 Å². The lowest BCUT2D eigenvalue weighted by Crippen LogP contribution is -2.09. The fourth-order valence-corrected chi connectivity index (χ4v) is 4.12. The summed E-state index contributed by atoms with van der Waals surface area (Å²) in [5.74, 6) is 0.779. The first-order valence-corrected chi connectivity index (χ1v) is 10.8. The summed E-state index contributed by atoms with van der Waals surface area (Å²) in [7, 11) is 0. The fraction of sp³-hybridized carbons (Fsp3) is 0.357. The Morgan fingerprint density at radius 3 is 2.11 bits per heavy atom. The first-order valence-electron chi connectivity index (χ1n) is 10.8. The first-order chi connectivity index (χ1) is 13.6. The van der Waals surface area contributed by atoms with Crippen LogP contribution in [-0.2, 0) is 12.8 Å². The Morgan fingerprint density at radius 2 is 1.54 bits per heavy atom. The van der Waals surface area contributed by atoms with Gasteiger partial charge >= 0.3 is 0 Å². The molecule has 148 valence electrons. The number of hydrogen-bond acceptors (Lipinski definition) is 0. The molecule has 0 aliphatic heterocycles. The van der Waals surface area contributed by atoms with Gasteiger partial charge in [-0.05, 0) is 71.0 Å². The molecule has 0 heteroatoms. The third kappa shape index (κ3) is 4.93. The van der Waals surface area contributed by atoms with Crippen LogP contribution in [0.25, 0.3) is 17.2 Å². The number of aryl methyl sites for hydroxylation is 2. The van der Waals surface area contributed by atoms with Crippen LogP contribution in [0.1, 0.15) is 68.7 Å². The normalized spacial score (nSPS) is 13.4. The van der Waals surface area contributed by atoms with Crippen LogP contribution in [0.4, 0.5) is 0 Å². The summed E-state index contributed by atoms with van der Waals surface area (Å²) in [6.45, 7) is 17.1. The molecule has 0 heterocycles. The minimum absolute atomic E-state index is 0.352. The van der Waals surface area contributed by atoms with Gasteiger partial charge in [-0.3, -0.25) is 0 Å². The second-order valence-corrected chi connectivity index (χ2v) is 7.40. The zero-order chi connectivity index (χ0) is 20.5. The van der Waals surface area contributed by atoms with Gasteiger partial charge in [0.1, 0.15) is 0 Å². The van der Waals surface area contributed by atoms with Crippen molar-refractivity contribution in [2.24, 2.45) is 5.92 Å². The van der Waals surface area contributed by atoms with Gasteiger partial charge in [0.15, 0.2) is 0 Å². The summed E-state index contributed by atoms with van der Waals surface area (Å²) in [6.07, 6.45) is 12.9. The first kappa shape index (κ1) is 22.0. The third-order valence-electron chi connectivity index (χ3n) is 5.78. The van der Waals surface area contributed by atoms with E-state index in [9.17, 15) is 0 Å². The molecule has 0 saturated carbocycles. The maximum absolute atomic E-state index is 4.11. The molecule has 28 heavy (non-hydrogen) atoms. The van der Waals surface area contributed by atoms with Crippen LogP contribution in [0.15, 0.2) is 67.8 Å². The van der Waals surface area contributed by atoms with Gasteiger partial charge in [-0.1, -0.05) is 88.9 Å². The number of hydrogen-bond donors (Lipinski definition) is 0. The van der Waals surface area contributed by atoms with E-state index < -0.39 is 0 Å². The molecule has 0 spiro atoms. The van der Waals surface area contributed by atoms with E-state index in [2.05, 4.69) is 95.5 Å². The van der Waals surface area contributed by atoms with Crippen molar-refractivity contribution in [3.63, 3.8) is 0 Å². The molecule has 0 aromatic heterocycles. The molecule has 0 N–H and O–H groups in total. The molecule has 2 aromatic carbocycles. The predicted octanol–water partition coefficient (Wildman–Crippen LogP) is 8.38. The third-order valence-corrected chi connectivity index (χ3v) is 5.78. The van der Waals surface area contributed by atoms with Gasteiger partial charge in [-0.2, -0.15) is 0 Å². The Kier molecular flexibility index (Phi) is 8.51. The van der Waals surface area contributed by atoms with Crippen LogP contribution >= 0.6 is 0 Å². The standard InChI is InChI=1S/C28H36/c1-7-13-14-22(9-3)27(12-6)28-18-17-26(20-24(28)11-5)25-16-15-21(8-2)23(10-4)19-25/h9,11,13-20,22,27H,3,5,7-8,10,12H2,1-2,4,6H3. The highest BCUT2D eigenvalue weighted by atomic mass is 14.2. The highest BCUT2D eigenvalue weighted by molar-refractivity contribution is 5.70. The maximum atomic E-state index is 4.11. The van der Waals surface area contributed by atoms with Crippen molar-refractivity contribution in [1.29, 1.82) is 0 Å². The van der Waals surface area contributed by atoms with Crippen molar-refractivity contribution in [2.75, 3.05) is 0 Å². The Balaban J connectivity index is 2.47. The molecule has 0 aliphatic rings. The van der Waals surface area contributed by atoms with Gasteiger partial charge in [0.25, 0.3) is 0 Å². The Hall–Kier alpha value is -2.34. The molecule has 2 atom stereocenters. The zero-order valence-corrected chi connectivity index (χ0v) is 18.2. The SMILES string of the molecule is C=Cc1cc(-c2ccc(CC)c(CC)c2)ccc1C(CC)C(C=C)C=CCC. The summed E-state index contributed by atoms with van der Waals surface area (Å²) in [5.41, 5.74) is 8.07. The lowest BCUT2D eigenvalue weighted by Gasteiger charge is -2.24. The van der Waals surface area contributed by atoms with Gasteiger partial charge in [-0.15, -0.1) is 6.58 Å². The van der Waals surface area contributed by atoms with Crippen molar-refractivity contribution in [3.8, 4) is 11.1 Å². The lowest BCUT2D eigenvalue weighted by molar-refractivity contribution is 0.573. The predicted molar refractivity (Wildman–Crippen MR) is 127 cm³/mol. The zero-order valence-electron chi connectivity index (χ0n) is 18.2. The number of benzene rings is 2. The average molecular weight is 373 g/mol. The van der Waals surface area contributed by atoms with Crippen molar-refractivity contribution in [3.05, 3.63) is 90.0 Å². The average Bonchev–Trinajstić information content (AvgIpc) is 2.75. The van der Waals surface area contributed by atoms with E-state index in [1.807, 2.05) is 6.08 Å². The van der Waals surface area contributed by atoms with Gasteiger partial charge < -0.3 is 0 Å². The van der Waals surface area contributed by atoms with E-state index in [0.717, 1.165) is 25.7 Å². The quantitative estimate of drug-likeness (QED) is 0.367. The van der Waals surface area contributed by atoms with Gasteiger partial charge in [0.05, 0.1) is 0 Å². The number of allylic oxidation sites excluding steroid dienone is 3. The van der Waals surface area contributed by atoms with Crippen molar-refractivity contribution < 1.29 is 0 Å². The molecular weight excluding hydrogens is 336 g/mol. The van der Waals surface area contributed by atoms with E-state index in [0.29, 0.717) is 11.8 Å². The van der Waals surface area contributed by atoms with Crippen molar-refractivity contribution in [2.45, 2.75) is 59.3 Å². The van der Waals surface area contributed by atoms with Crippen LogP contribution in [0.5, 0.6) is 0 Å². The van der Waals surface area contributed by atoms with E-state index in [4.69, 9.17) is 0 Å². The smallest absolute Gasteiger partial charge is 0.00127 e. The summed E-state index contributed by atoms with van der Waals surface area (Å²) in [6, 6.07) is 13.8. The second-order valence-electron chi connectivity index (χ2n) is 7.40. The van der Waals surface area contributed by atoms with E-state index >= 15 is 0 Å². The molecule has 0 fully saturated rings. The monoisotopic (exact) mass is 372 g/mol. The summed E-state index contributed by atoms with van der Waals surface area (Å²) in [5, 5.41) is 0. The molecule has 0 aliphatic carbocycles. The second kappa shape index (κ2) is 10.9. The largest absolute Gasteiger partial charge is 0.102 e. The minimum atomic E-state index is 0.352. The molecule has 0 saturated heterocycles. The molecule has 2 unspecified atom stereocenters. The van der Waals surface area contributed by atoms with Crippen LogP contribution < -0.4 is 0 Å². The lowest BCUT2D eigenvalue weighted by atomic mass is 9.80. The van der Waals surface area contributed by atoms with Crippen LogP contribution in [0.3, 0.4) is 0 Å². The molecule has 0 nitrogen and oxygen atoms in total. The molecular formula is C28H36. The van der Waals surface area contributed by atoms with Gasteiger partial charge in [0, 0.05) is 5.92 Å². The topological polar surface area (TPSA) is 0 Å². The number of rotatable bonds is 10. The summed E-state index contributed by atoms with van der Waals surface area (Å²) < 4.78 is 0. The Morgan fingerprint density at radius 1 is 0.857 bits per heavy atom. The minimum Gasteiger partial charge on any atom is -0.102 e. The summed E-state index contributed by atoms with van der Waals surface area (Å²) in [4.78, 5) is 0. The van der Waals surface area contributed by atoms with Gasteiger partial charge in [-0.25, -0.2) is 0 Å². The highest BCUT2D eigenvalue weighted by Gasteiger charge is 2.19. The van der Waals surface area contributed by atoms with Crippen LogP contribution in [0.2, 0.25) is 0 Å². The molecule has 2 rings (SSSR count). The van der Waals surface area contributed by atoms with E-state index in [1.165, 1.54) is 33.4 Å². The molecule has 0 amide bonds. The molecule has 0 radical (unpaired) electrons. The van der Waals surface area contributed by atoms with E-state index in [1.54, 1.807) is 0 Å². The van der Waals surface area contributed by atoms with Crippen LogP contribution in [-0.4, -0.2) is 0 Å². The van der Waals surface area contributed by atoms with Gasteiger partial charge in [0.2, 0.25) is 0 Å². The highest BCUT2D eigenvalue weighted by Crippen LogP contribution is 2.35. The molecule has 0 bridgehead atoms. The van der Waals surface area contributed by atoms with Crippen LogP contribution in [0, 0.1) is 5.92 Å². The summed E-state index contributed by atoms with van der Waals surface area (Å²) >= 11 is 0.